The van der Waals surface area contributed by atoms with Crippen molar-refractivity contribution in [2.45, 2.75) is 19.6 Å². The molecule has 0 spiro atoms. The van der Waals surface area contributed by atoms with Crippen LogP contribution >= 0.6 is 0 Å². The second-order valence-corrected chi connectivity index (χ2v) is 8.38. The van der Waals surface area contributed by atoms with Crippen molar-refractivity contribution in [2.24, 2.45) is 5.92 Å². The van der Waals surface area contributed by atoms with E-state index in [1.165, 1.54) is 30.5 Å². The molecule has 1 saturated heterocycles. The molecule has 0 radical (unpaired) electrons. The molecule has 1 fully saturated rings. The van der Waals surface area contributed by atoms with E-state index >= 15 is 0 Å². The number of hydrogen-bond acceptors (Lipinski definition) is 4. The Morgan fingerprint density at radius 2 is 2.05 bits per heavy atom. The molecular formula is C15H23FN2O3S. The van der Waals surface area contributed by atoms with E-state index in [1.54, 1.807) is 6.07 Å². The molecule has 1 heterocycles. The molecule has 0 bridgehead atoms. The van der Waals surface area contributed by atoms with Gasteiger partial charge in [-0.15, -0.1) is 0 Å². The average Bonchev–Trinajstić information content (AvgIpc) is 2.73. The summed E-state index contributed by atoms with van der Waals surface area (Å²) in [6.45, 7) is 3.32. The highest BCUT2D eigenvalue weighted by Gasteiger charge is 2.35. The van der Waals surface area contributed by atoms with Crippen LogP contribution in [-0.2, 0) is 16.6 Å². The van der Waals surface area contributed by atoms with Crippen LogP contribution in [0.15, 0.2) is 18.2 Å². The highest BCUT2D eigenvalue weighted by molar-refractivity contribution is 7.89. The van der Waals surface area contributed by atoms with Gasteiger partial charge >= 0.3 is 0 Å². The van der Waals surface area contributed by atoms with Crippen molar-refractivity contribution >= 4 is 10.0 Å². The number of aliphatic hydroxyl groups is 1. The Morgan fingerprint density at radius 3 is 2.68 bits per heavy atom. The molecule has 5 nitrogen and oxygen atoms in total. The van der Waals surface area contributed by atoms with Crippen molar-refractivity contribution in [1.82, 2.24) is 9.21 Å². The van der Waals surface area contributed by atoms with Gasteiger partial charge in [-0.05, 0) is 30.2 Å². The molecular weight excluding hydrogens is 307 g/mol. The molecule has 0 amide bonds. The van der Waals surface area contributed by atoms with Crippen LogP contribution in [0.4, 0.5) is 4.39 Å². The van der Waals surface area contributed by atoms with Gasteiger partial charge in [-0.3, -0.25) is 4.90 Å². The van der Waals surface area contributed by atoms with Crippen LogP contribution in [0.2, 0.25) is 0 Å². The number of hydrogen-bond donors (Lipinski definition) is 1. The summed E-state index contributed by atoms with van der Waals surface area (Å²) in [6.07, 6.45) is -0.677. The number of benzene rings is 1. The van der Waals surface area contributed by atoms with Crippen LogP contribution < -0.4 is 0 Å². The maximum atomic E-state index is 13.3. The number of β-amino-alcohol motifs (C(OH)–C–C–N with tert-alkyl or cyclic N) is 1. The van der Waals surface area contributed by atoms with Gasteiger partial charge in [0.1, 0.15) is 5.82 Å². The van der Waals surface area contributed by atoms with Gasteiger partial charge in [0, 0.05) is 39.6 Å². The highest BCUT2D eigenvalue weighted by atomic mass is 32.2. The fourth-order valence-electron chi connectivity index (χ4n) is 2.71. The summed E-state index contributed by atoms with van der Waals surface area (Å²) in [7, 11) is -0.358. The minimum atomic E-state index is -3.34. The second-order valence-electron chi connectivity index (χ2n) is 6.15. The molecule has 1 N–H and O–H groups in total. The van der Waals surface area contributed by atoms with E-state index in [0.717, 1.165) is 11.1 Å². The SMILES string of the molecule is Cc1ccc(F)cc1CN1C[C@@H](CS(=O)(=O)N(C)C)[C@H](O)C1. The van der Waals surface area contributed by atoms with Gasteiger partial charge in [0.2, 0.25) is 10.0 Å². The maximum Gasteiger partial charge on any atom is 0.214 e. The number of nitrogens with zero attached hydrogens (tertiary/aromatic N) is 2. The molecule has 2 atom stereocenters. The minimum absolute atomic E-state index is 0.0696. The maximum absolute atomic E-state index is 13.3. The number of aryl methyl sites for hydroxylation is 1. The number of likely N-dealkylation sites (tertiary alicyclic amines) is 1. The highest BCUT2D eigenvalue weighted by Crippen LogP contribution is 2.23. The van der Waals surface area contributed by atoms with Crippen LogP contribution in [-0.4, -0.2) is 61.8 Å². The third-order valence-electron chi connectivity index (χ3n) is 4.17. The van der Waals surface area contributed by atoms with E-state index in [9.17, 15) is 17.9 Å². The van der Waals surface area contributed by atoms with Gasteiger partial charge in [0.05, 0.1) is 11.9 Å². The molecule has 124 valence electrons. The predicted molar refractivity (Wildman–Crippen MR) is 83.4 cm³/mol. The lowest BCUT2D eigenvalue weighted by Crippen LogP contribution is -2.33. The van der Waals surface area contributed by atoms with E-state index in [4.69, 9.17) is 0 Å². The molecule has 1 aromatic rings. The first kappa shape index (κ1) is 17.3. The number of aliphatic hydroxyl groups excluding tert-OH is 1. The summed E-state index contributed by atoms with van der Waals surface area (Å²) in [6, 6.07) is 4.64. The molecule has 1 aliphatic rings. The zero-order valence-electron chi connectivity index (χ0n) is 13.2. The van der Waals surface area contributed by atoms with Gasteiger partial charge in [-0.1, -0.05) is 6.07 Å². The third kappa shape index (κ3) is 4.04. The Labute approximate surface area is 131 Å². The minimum Gasteiger partial charge on any atom is -0.391 e. The lowest BCUT2D eigenvalue weighted by molar-refractivity contribution is 0.148. The molecule has 0 aliphatic carbocycles. The molecule has 2 rings (SSSR count). The van der Waals surface area contributed by atoms with E-state index in [2.05, 4.69) is 0 Å². The van der Waals surface area contributed by atoms with Crippen molar-refractivity contribution in [3.05, 3.63) is 35.1 Å². The smallest absolute Gasteiger partial charge is 0.214 e. The van der Waals surface area contributed by atoms with Crippen molar-refractivity contribution in [2.75, 3.05) is 32.9 Å². The average molecular weight is 330 g/mol. The molecule has 0 aromatic heterocycles. The predicted octanol–water partition coefficient (Wildman–Crippen LogP) is 0.818. The Morgan fingerprint density at radius 1 is 1.36 bits per heavy atom. The molecule has 22 heavy (non-hydrogen) atoms. The van der Waals surface area contributed by atoms with Crippen molar-refractivity contribution in [3.63, 3.8) is 0 Å². The van der Waals surface area contributed by atoms with Gasteiger partial charge in [-0.2, -0.15) is 0 Å². The molecule has 0 saturated carbocycles. The lowest BCUT2D eigenvalue weighted by atomic mass is 10.1. The summed E-state index contributed by atoms with van der Waals surface area (Å²) in [5.74, 6) is -0.673. The third-order valence-corrected chi connectivity index (χ3v) is 6.13. The van der Waals surface area contributed by atoms with Crippen molar-refractivity contribution in [3.8, 4) is 0 Å². The van der Waals surface area contributed by atoms with Crippen molar-refractivity contribution < 1.29 is 17.9 Å². The monoisotopic (exact) mass is 330 g/mol. The zero-order valence-corrected chi connectivity index (χ0v) is 14.0. The molecule has 7 heteroatoms. The fourth-order valence-corrected chi connectivity index (χ4v) is 3.87. The van der Waals surface area contributed by atoms with Crippen LogP contribution in [0.5, 0.6) is 0 Å². The number of sulfonamides is 1. The van der Waals surface area contributed by atoms with Gasteiger partial charge in [0.15, 0.2) is 0 Å². The number of halogens is 1. The quantitative estimate of drug-likeness (QED) is 0.868. The first-order chi connectivity index (χ1) is 10.2. The topological polar surface area (TPSA) is 60.9 Å². The Hall–Kier alpha value is -1.02. The Balaban J connectivity index is 2.03. The summed E-state index contributed by atoms with van der Waals surface area (Å²) in [5.41, 5.74) is 1.85. The standard InChI is InChI=1S/C15H23FN2O3S/c1-11-4-5-14(16)6-12(11)7-18-8-13(15(19)9-18)10-22(20,21)17(2)3/h4-6,13,15,19H,7-10H2,1-3H3/t13-,15+/m0/s1. The van der Waals surface area contributed by atoms with Crippen LogP contribution in [0.25, 0.3) is 0 Å². The first-order valence-corrected chi connectivity index (χ1v) is 8.85. The van der Waals surface area contributed by atoms with Gasteiger partial charge in [0.25, 0.3) is 0 Å². The fraction of sp³-hybridized carbons (Fsp3) is 0.600. The zero-order chi connectivity index (χ0) is 16.5. The summed E-state index contributed by atoms with van der Waals surface area (Å²) >= 11 is 0. The van der Waals surface area contributed by atoms with Crippen molar-refractivity contribution in [1.29, 1.82) is 0 Å². The summed E-state index contributed by atoms with van der Waals surface area (Å²) < 4.78 is 38.4. The second kappa shape index (κ2) is 6.62. The van der Waals surface area contributed by atoms with E-state index in [1.807, 2.05) is 11.8 Å². The van der Waals surface area contributed by atoms with E-state index in [-0.39, 0.29) is 17.5 Å². The summed E-state index contributed by atoms with van der Waals surface area (Å²) in [5, 5.41) is 10.1. The van der Waals surface area contributed by atoms with Crippen LogP contribution in [0.1, 0.15) is 11.1 Å². The largest absolute Gasteiger partial charge is 0.391 e. The van der Waals surface area contributed by atoms with Gasteiger partial charge in [-0.25, -0.2) is 17.1 Å². The van der Waals surface area contributed by atoms with Crippen LogP contribution in [0, 0.1) is 18.7 Å². The van der Waals surface area contributed by atoms with Crippen LogP contribution in [0.3, 0.4) is 0 Å². The lowest BCUT2D eigenvalue weighted by Gasteiger charge is -2.18. The Kier molecular flexibility index (Phi) is 5.21. The number of rotatable bonds is 5. The van der Waals surface area contributed by atoms with E-state index in [0.29, 0.717) is 19.6 Å². The molecule has 1 aromatic carbocycles. The molecule has 0 unspecified atom stereocenters. The van der Waals surface area contributed by atoms with E-state index < -0.39 is 16.1 Å². The Bertz CT molecular complexity index is 634. The normalized spacial score (nSPS) is 23.4. The summed E-state index contributed by atoms with van der Waals surface area (Å²) in [4.78, 5) is 1.97. The van der Waals surface area contributed by atoms with Gasteiger partial charge < -0.3 is 5.11 Å². The first-order valence-electron chi connectivity index (χ1n) is 7.24. The molecule has 1 aliphatic heterocycles.